The van der Waals surface area contributed by atoms with E-state index in [1.54, 1.807) is 0 Å². The van der Waals surface area contributed by atoms with Gasteiger partial charge in [-0.25, -0.2) is 4.39 Å². The quantitative estimate of drug-likeness (QED) is 0.925. The van der Waals surface area contributed by atoms with Crippen LogP contribution in [0, 0.1) is 17.7 Å². The van der Waals surface area contributed by atoms with E-state index >= 15 is 0 Å². The van der Waals surface area contributed by atoms with E-state index in [1.807, 2.05) is 12.1 Å². The van der Waals surface area contributed by atoms with Crippen LogP contribution in [0.15, 0.2) is 24.3 Å². The number of rotatable bonds is 4. The monoisotopic (exact) mass is 306 g/mol. The van der Waals surface area contributed by atoms with Crippen LogP contribution in [0.2, 0.25) is 0 Å². The Kier molecular flexibility index (Phi) is 4.74. The molecule has 120 valence electrons. The number of hydrogen-bond donors (Lipinski definition) is 1. The van der Waals surface area contributed by atoms with Crippen LogP contribution in [-0.4, -0.2) is 36.6 Å². The molecule has 0 radical (unpaired) electrons. The van der Waals surface area contributed by atoms with E-state index in [2.05, 4.69) is 4.90 Å². The van der Waals surface area contributed by atoms with E-state index in [4.69, 9.17) is 10.5 Å². The van der Waals surface area contributed by atoms with Gasteiger partial charge in [0.1, 0.15) is 5.82 Å². The summed E-state index contributed by atoms with van der Waals surface area (Å²) in [4.78, 5) is 13.9. The maximum absolute atomic E-state index is 12.9. The largest absolute Gasteiger partial charge is 0.377 e. The van der Waals surface area contributed by atoms with Crippen molar-refractivity contribution in [3.8, 4) is 0 Å². The minimum absolute atomic E-state index is 0.00507. The van der Waals surface area contributed by atoms with Crippen LogP contribution in [0.1, 0.15) is 24.8 Å². The van der Waals surface area contributed by atoms with E-state index in [-0.39, 0.29) is 23.7 Å². The number of hydrogen-bond acceptors (Lipinski definition) is 3. The highest BCUT2D eigenvalue weighted by Crippen LogP contribution is 2.33. The molecule has 1 amide bonds. The lowest BCUT2D eigenvalue weighted by Gasteiger charge is -2.35. The Balaban J connectivity index is 1.52. The maximum Gasteiger partial charge on any atom is 0.223 e. The molecule has 2 aliphatic rings. The number of carbonyl (C=O) groups is 1. The number of halogens is 1. The van der Waals surface area contributed by atoms with Gasteiger partial charge in [-0.05, 0) is 56.0 Å². The lowest BCUT2D eigenvalue weighted by Crippen LogP contribution is -2.41. The summed E-state index contributed by atoms with van der Waals surface area (Å²) in [6.45, 7) is 3.45. The van der Waals surface area contributed by atoms with Crippen molar-refractivity contribution in [2.75, 3.05) is 19.7 Å². The van der Waals surface area contributed by atoms with Gasteiger partial charge in [-0.3, -0.25) is 9.69 Å². The molecule has 2 atom stereocenters. The van der Waals surface area contributed by atoms with Crippen LogP contribution >= 0.6 is 0 Å². The van der Waals surface area contributed by atoms with E-state index < -0.39 is 0 Å². The van der Waals surface area contributed by atoms with Gasteiger partial charge in [0.15, 0.2) is 0 Å². The fourth-order valence-corrected chi connectivity index (χ4v) is 3.67. The first-order valence-corrected chi connectivity index (χ1v) is 8.01. The Morgan fingerprint density at radius 1 is 1.23 bits per heavy atom. The summed E-state index contributed by atoms with van der Waals surface area (Å²) in [6.07, 6.45) is 2.81. The summed E-state index contributed by atoms with van der Waals surface area (Å²) < 4.78 is 18.7. The molecule has 2 N–H and O–H groups in total. The predicted octanol–water partition coefficient (Wildman–Crippen LogP) is 1.93. The number of primary amides is 1. The van der Waals surface area contributed by atoms with E-state index in [9.17, 15) is 9.18 Å². The van der Waals surface area contributed by atoms with Crippen molar-refractivity contribution in [2.24, 2.45) is 17.6 Å². The van der Waals surface area contributed by atoms with Crippen molar-refractivity contribution in [1.82, 2.24) is 4.90 Å². The summed E-state index contributed by atoms with van der Waals surface area (Å²) in [5.74, 6) is -0.118. The zero-order valence-corrected chi connectivity index (χ0v) is 12.7. The summed E-state index contributed by atoms with van der Waals surface area (Å²) in [5.41, 5.74) is 6.61. The summed E-state index contributed by atoms with van der Waals surface area (Å²) in [6, 6.07) is 6.69. The normalized spacial score (nSPS) is 27.1. The molecule has 0 aliphatic carbocycles. The molecule has 2 saturated heterocycles. The van der Waals surface area contributed by atoms with E-state index in [1.165, 1.54) is 12.1 Å². The van der Waals surface area contributed by atoms with Gasteiger partial charge in [0.25, 0.3) is 0 Å². The fraction of sp³-hybridized carbons (Fsp3) is 0.588. The first-order chi connectivity index (χ1) is 10.6. The Labute approximate surface area is 130 Å². The number of nitrogens with two attached hydrogens (primary N) is 1. The number of nitrogens with zero attached hydrogens (tertiary/aromatic N) is 1. The standard InChI is InChI=1S/C17H23FN2O2/c18-14-3-1-12(2-4-14)11-20-8-5-13(6-9-20)16-15(17(19)21)7-10-22-16/h1-4,13,15-16H,5-11H2,(H2,19,21)/t15-,16+/m0/s1. The van der Waals surface area contributed by atoms with Gasteiger partial charge in [0.05, 0.1) is 12.0 Å². The molecule has 3 rings (SSSR count). The van der Waals surface area contributed by atoms with Gasteiger partial charge >= 0.3 is 0 Å². The second-order valence-corrected chi connectivity index (χ2v) is 6.37. The lowest BCUT2D eigenvalue weighted by atomic mass is 9.84. The van der Waals surface area contributed by atoms with Crippen LogP contribution in [0.25, 0.3) is 0 Å². The number of ether oxygens (including phenoxy) is 1. The molecule has 2 fully saturated rings. The van der Waals surface area contributed by atoms with Crippen LogP contribution in [0.3, 0.4) is 0 Å². The van der Waals surface area contributed by atoms with Gasteiger partial charge in [0, 0.05) is 13.2 Å². The Bertz CT molecular complexity index is 512. The molecular weight excluding hydrogens is 283 g/mol. The second-order valence-electron chi connectivity index (χ2n) is 6.37. The predicted molar refractivity (Wildman–Crippen MR) is 81.4 cm³/mol. The van der Waals surface area contributed by atoms with Gasteiger partial charge in [-0.1, -0.05) is 12.1 Å². The van der Waals surface area contributed by atoms with Crippen molar-refractivity contribution >= 4 is 5.91 Å². The smallest absolute Gasteiger partial charge is 0.223 e. The molecule has 5 heteroatoms. The first-order valence-electron chi connectivity index (χ1n) is 8.01. The Morgan fingerprint density at radius 3 is 2.55 bits per heavy atom. The zero-order chi connectivity index (χ0) is 15.5. The van der Waals surface area contributed by atoms with Crippen LogP contribution in [0.4, 0.5) is 4.39 Å². The summed E-state index contributed by atoms with van der Waals surface area (Å²) in [7, 11) is 0. The molecule has 1 aromatic rings. The molecular formula is C17H23FN2O2. The molecule has 0 bridgehead atoms. The molecule has 2 heterocycles. The molecule has 0 aromatic heterocycles. The van der Waals surface area contributed by atoms with Gasteiger partial charge < -0.3 is 10.5 Å². The van der Waals surface area contributed by atoms with Crippen LogP contribution < -0.4 is 5.73 Å². The van der Waals surface area contributed by atoms with Crippen LogP contribution in [0.5, 0.6) is 0 Å². The number of benzene rings is 1. The SMILES string of the molecule is NC(=O)[C@H]1CCO[C@@H]1C1CCN(Cc2ccc(F)cc2)CC1. The molecule has 1 aromatic carbocycles. The highest BCUT2D eigenvalue weighted by Gasteiger charge is 2.39. The maximum atomic E-state index is 12.9. The third-order valence-corrected chi connectivity index (χ3v) is 4.92. The average Bonchev–Trinajstić information content (AvgIpc) is 3.00. The number of likely N-dealkylation sites (tertiary alicyclic amines) is 1. The van der Waals surface area contributed by atoms with E-state index in [0.29, 0.717) is 12.5 Å². The molecule has 0 unspecified atom stereocenters. The fourth-order valence-electron chi connectivity index (χ4n) is 3.67. The second kappa shape index (κ2) is 6.75. The minimum Gasteiger partial charge on any atom is -0.377 e. The summed E-state index contributed by atoms with van der Waals surface area (Å²) >= 11 is 0. The van der Waals surface area contributed by atoms with Crippen molar-refractivity contribution < 1.29 is 13.9 Å². The molecule has 2 aliphatic heterocycles. The molecule has 0 saturated carbocycles. The summed E-state index contributed by atoms with van der Waals surface area (Å²) in [5, 5.41) is 0. The van der Waals surface area contributed by atoms with Crippen molar-refractivity contribution in [2.45, 2.75) is 31.9 Å². The Morgan fingerprint density at radius 2 is 1.91 bits per heavy atom. The minimum atomic E-state index is -0.226. The lowest BCUT2D eigenvalue weighted by molar-refractivity contribution is -0.124. The topological polar surface area (TPSA) is 55.6 Å². The Hall–Kier alpha value is -1.46. The third-order valence-electron chi connectivity index (χ3n) is 4.92. The number of carbonyl (C=O) groups excluding carboxylic acids is 1. The molecule has 0 spiro atoms. The molecule has 22 heavy (non-hydrogen) atoms. The zero-order valence-electron chi connectivity index (χ0n) is 12.7. The number of piperidine rings is 1. The number of amides is 1. The van der Waals surface area contributed by atoms with Gasteiger partial charge in [-0.2, -0.15) is 0 Å². The van der Waals surface area contributed by atoms with Crippen molar-refractivity contribution in [3.05, 3.63) is 35.6 Å². The first kappa shape index (κ1) is 15.4. The van der Waals surface area contributed by atoms with Crippen LogP contribution in [-0.2, 0) is 16.1 Å². The van der Waals surface area contributed by atoms with E-state index in [0.717, 1.165) is 44.5 Å². The highest BCUT2D eigenvalue weighted by molar-refractivity contribution is 5.77. The van der Waals surface area contributed by atoms with Gasteiger partial charge in [-0.15, -0.1) is 0 Å². The highest BCUT2D eigenvalue weighted by atomic mass is 19.1. The van der Waals surface area contributed by atoms with Crippen molar-refractivity contribution in [1.29, 1.82) is 0 Å². The average molecular weight is 306 g/mol. The molecule has 4 nitrogen and oxygen atoms in total. The van der Waals surface area contributed by atoms with Crippen molar-refractivity contribution in [3.63, 3.8) is 0 Å². The van der Waals surface area contributed by atoms with Gasteiger partial charge in [0.2, 0.25) is 5.91 Å². The third kappa shape index (κ3) is 3.47.